The molecule has 0 aliphatic rings. The van der Waals surface area contributed by atoms with Gasteiger partial charge in [0.05, 0.1) is 0 Å². The van der Waals surface area contributed by atoms with E-state index in [-0.39, 0.29) is 21.2 Å². The molecule has 2 rings (SSSR count). The molecular weight excluding hydrogens is 293 g/mol. The molecule has 0 fully saturated rings. The highest BCUT2D eigenvalue weighted by molar-refractivity contribution is 6.32. The van der Waals surface area contributed by atoms with Crippen molar-refractivity contribution in [3.8, 4) is 0 Å². The van der Waals surface area contributed by atoms with Crippen LogP contribution in [0.2, 0.25) is 10.0 Å². The standard InChI is InChI=1S/C14H10Cl2F2O/c1-7-5-8(10(16)6-12(7)18)14(19)13-9(15)3-2-4-11(13)17/h2-6,14,19H,1H3. The highest BCUT2D eigenvalue weighted by atomic mass is 35.5. The first kappa shape index (κ1) is 14.3. The van der Waals surface area contributed by atoms with E-state index in [1.807, 2.05) is 0 Å². The van der Waals surface area contributed by atoms with Crippen molar-refractivity contribution in [2.45, 2.75) is 13.0 Å². The second-order valence-electron chi connectivity index (χ2n) is 4.16. The van der Waals surface area contributed by atoms with Crippen LogP contribution in [0.3, 0.4) is 0 Å². The molecule has 100 valence electrons. The number of hydrogen-bond acceptors (Lipinski definition) is 1. The molecule has 0 aliphatic heterocycles. The van der Waals surface area contributed by atoms with Gasteiger partial charge in [-0.25, -0.2) is 8.78 Å². The molecule has 1 N–H and O–H groups in total. The maximum atomic E-state index is 13.7. The third kappa shape index (κ3) is 2.73. The first-order chi connectivity index (χ1) is 8.91. The quantitative estimate of drug-likeness (QED) is 0.855. The van der Waals surface area contributed by atoms with Gasteiger partial charge in [0.1, 0.15) is 17.7 Å². The van der Waals surface area contributed by atoms with Crippen LogP contribution < -0.4 is 0 Å². The topological polar surface area (TPSA) is 20.2 Å². The van der Waals surface area contributed by atoms with Crippen LogP contribution in [0.15, 0.2) is 30.3 Å². The van der Waals surface area contributed by atoms with Gasteiger partial charge in [-0.3, -0.25) is 0 Å². The Bertz CT molecular complexity index is 609. The summed E-state index contributed by atoms with van der Waals surface area (Å²) in [7, 11) is 0. The molecule has 0 spiro atoms. The molecule has 0 radical (unpaired) electrons. The van der Waals surface area contributed by atoms with E-state index in [0.29, 0.717) is 5.56 Å². The Hall–Kier alpha value is -1.16. The summed E-state index contributed by atoms with van der Waals surface area (Å²) in [5.41, 5.74) is 0.454. The maximum absolute atomic E-state index is 13.7. The van der Waals surface area contributed by atoms with Gasteiger partial charge in [-0.2, -0.15) is 0 Å². The molecule has 5 heteroatoms. The summed E-state index contributed by atoms with van der Waals surface area (Å²) in [6.45, 7) is 1.53. The molecule has 2 aromatic carbocycles. The van der Waals surface area contributed by atoms with E-state index in [0.717, 1.165) is 6.07 Å². The minimum absolute atomic E-state index is 0.0231. The Morgan fingerprint density at radius 2 is 1.74 bits per heavy atom. The minimum atomic E-state index is -1.35. The summed E-state index contributed by atoms with van der Waals surface area (Å²) in [6.07, 6.45) is -1.35. The lowest BCUT2D eigenvalue weighted by Gasteiger charge is -2.16. The fourth-order valence-corrected chi connectivity index (χ4v) is 2.34. The Kier molecular flexibility index (Phi) is 4.09. The molecule has 0 heterocycles. The first-order valence-electron chi connectivity index (χ1n) is 5.49. The number of hydrogen-bond donors (Lipinski definition) is 1. The van der Waals surface area contributed by atoms with Crippen LogP contribution in [-0.2, 0) is 0 Å². The molecule has 1 unspecified atom stereocenters. The molecule has 0 aromatic heterocycles. The van der Waals surface area contributed by atoms with E-state index >= 15 is 0 Å². The summed E-state index contributed by atoms with van der Waals surface area (Å²) in [5.74, 6) is -1.13. The summed E-state index contributed by atoms with van der Waals surface area (Å²) < 4.78 is 27.1. The normalized spacial score (nSPS) is 12.5. The summed E-state index contributed by atoms with van der Waals surface area (Å²) in [5, 5.41) is 10.3. The van der Waals surface area contributed by atoms with Crippen molar-refractivity contribution in [1.29, 1.82) is 0 Å². The van der Waals surface area contributed by atoms with Crippen molar-refractivity contribution in [2.24, 2.45) is 0 Å². The Labute approximate surface area is 119 Å². The lowest BCUT2D eigenvalue weighted by Crippen LogP contribution is -2.05. The van der Waals surface area contributed by atoms with Crippen molar-refractivity contribution in [2.75, 3.05) is 0 Å². The van der Waals surface area contributed by atoms with Crippen LogP contribution in [0.4, 0.5) is 8.78 Å². The van der Waals surface area contributed by atoms with Crippen LogP contribution in [0.25, 0.3) is 0 Å². The highest BCUT2D eigenvalue weighted by Gasteiger charge is 2.21. The molecule has 1 nitrogen and oxygen atoms in total. The first-order valence-corrected chi connectivity index (χ1v) is 6.25. The molecule has 0 amide bonds. The Morgan fingerprint density at radius 1 is 1.05 bits per heavy atom. The predicted octanol–water partition coefficient (Wildman–Crippen LogP) is 4.66. The second-order valence-corrected chi connectivity index (χ2v) is 4.98. The Balaban J connectivity index is 2.56. The average molecular weight is 303 g/mol. The number of aliphatic hydroxyl groups excluding tert-OH is 1. The van der Waals surface area contributed by atoms with Crippen molar-refractivity contribution in [1.82, 2.24) is 0 Å². The van der Waals surface area contributed by atoms with Crippen LogP contribution in [0.5, 0.6) is 0 Å². The molecule has 1 atom stereocenters. The molecular formula is C14H10Cl2F2O. The molecule has 0 saturated carbocycles. The van der Waals surface area contributed by atoms with Gasteiger partial charge in [0.2, 0.25) is 0 Å². The monoisotopic (exact) mass is 302 g/mol. The number of aryl methyl sites for hydroxylation is 1. The zero-order chi connectivity index (χ0) is 14.2. The van der Waals surface area contributed by atoms with E-state index in [4.69, 9.17) is 23.2 Å². The van der Waals surface area contributed by atoms with Crippen molar-refractivity contribution >= 4 is 23.2 Å². The fraction of sp³-hybridized carbons (Fsp3) is 0.143. The van der Waals surface area contributed by atoms with E-state index in [2.05, 4.69) is 0 Å². The number of halogens is 4. The smallest absolute Gasteiger partial charge is 0.130 e. The lowest BCUT2D eigenvalue weighted by atomic mass is 9.99. The van der Waals surface area contributed by atoms with Gasteiger partial charge in [0, 0.05) is 21.2 Å². The van der Waals surface area contributed by atoms with Crippen molar-refractivity contribution in [3.63, 3.8) is 0 Å². The number of aliphatic hydroxyl groups is 1. The summed E-state index contributed by atoms with van der Waals surface area (Å²) in [4.78, 5) is 0. The third-order valence-corrected chi connectivity index (χ3v) is 3.50. The SMILES string of the molecule is Cc1cc(C(O)c2c(F)cccc2Cl)c(Cl)cc1F. The lowest BCUT2D eigenvalue weighted by molar-refractivity contribution is 0.215. The number of benzene rings is 2. The Morgan fingerprint density at radius 3 is 2.37 bits per heavy atom. The second kappa shape index (κ2) is 5.45. The fourth-order valence-electron chi connectivity index (χ4n) is 1.82. The van der Waals surface area contributed by atoms with Crippen LogP contribution in [0, 0.1) is 18.6 Å². The molecule has 0 saturated heterocycles. The van der Waals surface area contributed by atoms with E-state index in [1.165, 1.54) is 31.2 Å². The largest absolute Gasteiger partial charge is 0.383 e. The van der Waals surface area contributed by atoms with Gasteiger partial charge in [-0.15, -0.1) is 0 Å². The maximum Gasteiger partial charge on any atom is 0.130 e. The van der Waals surface area contributed by atoms with Gasteiger partial charge in [-0.1, -0.05) is 29.3 Å². The van der Waals surface area contributed by atoms with Crippen LogP contribution in [-0.4, -0.2) is 5.11 Å². The van der Waals surface area contributed by atoms with Crippen LogP contribution in [0.1, 0.15) is 22.8 Å². The average Bonchev–Trinajstić information content (AvgIpc) is 2.33. The summed E-state index contributed by atoms with van der Waals surface area (Å²) >= 11 is 11.8. The molecule has 19 heavy (non-hydrogen) atoms. The molecule has 0 aliphatic carbocycles. The van der Waals surface area contributed by atoms with Gasteiger partial charge >= 0.3 is 0 Å². The van der Waals surface area contributed by atoms with Gasteiger partial charge < -0.3 is 5.11 Å². The van der Waals surface area contributed by atoms with Gasteiger partial charge in [0.15, 0.2) is 0 Å². The van der Waals surface area contributed by atoms with E-state index < -0.39 is 17.7 Å². The van der Waals surface area contributed by atoms with Crippen LogP contribution >= 0.6 is 23.2 Å². The third-order valence-electron chi connectivity index (χ3n) is 2.85. The minimum Gasteiger partial charge on any atom is -0.383 e. The zero-order valence-corrected chi connectivity index (χ0v) is 11.4. The van der Waals surface area contributed by atoms with E-state index in [1.54, 1.807) is 0 Å². The summed E-state index contributed by atoms with van der Waals surface area (Å²) in [6, 6.07) is 6.56. The highest BCUT2D eigenvalue weighted by Crippen LogP contribution is 2.34. The molecule has 2 aromatic rings. The van der Waals surface area contributed by atoms with E-state index in [9.17, 15) is 13.9 Å². The van der Waals surface area contributed by atoms with Crippen molar-refractivity contribution in [3.05, 3.63) is 68.7 Å². The zero-order valence-electron chi connectivity index (χ0n) is 9.92. The van der Waals surface area contributed by atoms with Gasteiger partial charge in [0.25, 0.3) is 0 Å². The van der Waals surface area contributed by atoms with Gasteiger partial charge in [-0.05, 0) is 36.8 Å². The molecule has 0 bridgehead atoms. The van der Waals surface area contributed by atoms with Crippen molar-refractivity contribution < 1.29 is 13.9 Å². The number of rotatable bonds is 2. The predicted molar refractivity (Wildman–Crippen MR) is 71.6 cm³/mol.